The summed E-state index contributed by atoms with van der Waals surface area (Å²) in [7, 11) is 0. The standard InChI is InChI=1S/C17H20F2N2/c1-17(2,3)14-7-5-4-6-12(14)16(21-20)13-9-8-11(18)10-15(13)19/h4-10,16,21H,20H2,1-3H3. The summed E-state index contributed by atoms with van der Waals surface area (Å²) in [6.45, 7) is 6.25. The minimum absolute atomic E-state index is 0.109. The highest BCUT2D eigenvalue weighted by molar-refractivity contribution is 5.41. The first-order valence-electron chi connectivity index (χ1n) is 6.85. The number of hydrogen-bond donors (Lipinski definition) is 2. The molecule has 0 saturated carbocycles. The molecule has 0 aliphatic rings. The molecule has 0 radical (unpaired) electrons. The van der Waals surface area contributed by atoms with E-state index >= 15 is 0 Å². The second-order valence-corrected chi connectivity index (χ2v) is 6.10. The van der Waals surface area contributed by atoms with E-state index in [1.54, 1.807) is 0 Å². The molecule has 0 saturated heterocycles. The zero-order valence-corrected chi connectivity index (χ0v) is 12.5. The van der Waals surface area contributed by atoms with Crippen molar-refractivity contribution >= 4 is 0 Å². The first-order valence-corrected chi connectivity index (χ1v) is 6.85. The van der Waals surface area contributed by atoms with E-state index in [2.05, 4.69) is 26.2 Å². The minimum atomic E-state index is -0.610. The van der Waals surface area contributed by atoms with Crippen molar-refractivity contribution in [2.24, 2.45) is 5.84 Å². The Hall–Kier alpha value is -1.78. The summed E-state index contributed by atoms with van der Waals surface area (Å²) < 4.78 is 27.2. The van der Waals surface area contributed by atoms with E-state index in [1.807, 2.05) is 24.3 Å². The van der Waals surface area contributed by atoms with Crippen molar-refractivity contribution in [3.63, 3.8) is 0 Å². The van der Waals surface area contributed by atoms with Gasteiger partial charge in [-0.05, 0) is 22.6 Å². The van der Waals surface area contributed by atoms with Gasteiger partial charge >= 0.3 is 0 Å². The molecule has 0 spiro atoms. The van der Waals surface area contributed by atoms with Crippen LogP contribution in [0.5, 0.6) is 0 Å². The van der Waals surface area contributed by atoms with Crippen LogP contribution in [0.25, 0.3) is 0 Å². The van der Waals surface area contributed by atoms with Gasteiger partial charge in [-0.25, -0.2) is 14.2 Å². The van der Waals surface area contributed by atoms with Crippen LogP contribution in [0.1, 0.15) is 43.5 Å². The Balaban J connectivity index is 2.57. The van der Waals surface area contributed by atoms with Crippen molar-refractivity contribution in [3.8, 4) is 0 Å². The SMILES string of the molecule is CC(C)(C)c1ccccc1C(NN)c1ccc(F)cc1F. The van der Waals surface area contributed by atoms with Crippen LogP contribution in [0.2, 0.25) is 0 Å². The van der Waals surface area contributed by atoms with Gasteiger partial charge in [0.15, 0.2) is 0 Å². The van der Waals surface area contributed by atoms with Crippen molar-refractivity contribution in [1.82, 2.24) is 5.43 Å². The van der Waals surface area contributed by atoms with Crippen LogP contribution in [0, 0.1) is 11.6 Å². The second-order valence-electron chi connectivity index (χ2n) is 6.10. The summed E-state index contributed by atoms with van der Waals surface area (Å²) in [4.78, 5) is 0. The lowest BCUT2D eigenvalue weighted by atomic mass is 9.80. The van der Waals surface area contributed by atoms with E-state index in [9.17, 15) is 8.78 Å². The molecular weight excluding hydrogens is 270 g/mol. The summed E-state index contributed by atoms with van der Waals surface area (Å²) in [6.07, 6.45) is 0. The maximum absolute atomic E-state index is 14.1. The van der Waals surface area contributed by atoms with Gasteiger partial charge < -0.3 is 0 Å². The average molecular weight is 290 g/mol. The van der Waals surface area contributed by atoms with Crippen molar-refractivity contribution in [3.05, 3.63) is 70.8 Å². The van der Waals surface area contributed by atoms with Gasteiger partial charge in [0, 0.05) is 11.6 Å². The summed E-state index contributed by atoms with van der Waals surface area (Å²) in [6, 6.07) is 10.8. The smallest absolute Gasteiger partial charge is 0.131 e. The minimum Gasteiger partial charge on any atom is -0.271 e. The second kappa shape index (κ2) is 5.92. The molecule has 0 bridgehead atoms. The van der Waals surface area contributed by atoms with Crippen LogP contribution < -0.4 is 11.3 Å². The summed E-state index contributed by atoms with van der Waals surface area (Å²) >= 11 is 0. The van der Waals surface area contributed by atoms with Crippen molar-refractivity contribution in [1.29, 1.82) is 0 Å². The topological polar surface area (TPSA) is 38.0 Å². The lowest BCUT2D eigenvalue weighted by Gasteiger charge is -2.27. The average Bonchev–Trinajstić information content (AvgIpc) is 2.41. The Kier molecular flexibility index (Phi) is 4.40. The van der Waals surface area contributed by atoms with Gasteiger partial charge in [0.1, 0.15) is 11.6 Å². The first-order chi connectivity index (χ1) is 9.84. The third kappa shape index (κ3) is 3.28. The molecule has 2 aromatic rings. The maximum Gasteiger partial charge on any atom is 0.131 e. The molecule has 0 aliphatic carbocycles. The molecule has 4 heteroatoms. The fraction of sp³-hybridized carbons (Fsp3) is 0.294. The van der Waals surface area contributed by atoms with Crippen LogP contribution in [0.15, 0.2) is 42.5 Å². The molecule has 2 rings (SSSR count). The fourth-order valence-electron chi connectivity index (χ4n) is 2.51. The van der Waals surface area contributed by atoms with Crippen molar-refractivity contribution < 1.29 is 8.78 Å². The van der Waals surface area contributed by atoms with Gasteiger partial charge in [0.25, 0.3) is 0 Å². The quantitative estimate of drug-likeness (QED) is 0.666. The van der Waals surface area contributed by atoms with E-state index in [0.29, 0.717) is 5.56 Å². The highest BCUT2D eigenvalue weighted by Gasteiger charge is 2.24. The van der Waals surface area contributed by atoms with Gasteiger partial charge in [-0.1, -0.05) is 51.1 Å². The third-order valence-electron chi connectivity index (χ3n) is 3.52. The van der Waals surface area contributed by atoms with Crippen molar-refractivity contribution in [2.75, 3.05) is 0 Å². The Morgan fingerprint density at radius 1 is 1.00 bits per heavy atom. The van der Waals surface area contributed by atoms with Crippen LogP contribution in [0.3, 0.4) is 0 Å². The van der Waals surface area contributed by atoms with E-state index in [4.69, 9.17) is 5.84 Å². The number of hydrazine groups is 1. The lowest BCUT2D eigenvalue weighted by molar-refractivity contribution is 0.526. The molecule has 0 aliphatic heterocycles. The molecular formula is C17H20F2N2. The molecule has 21 heavy (non-hydrogen) atoms. The van der Waals surface area contributed by atoms with Crippen LogP contribution in [-0.2, 0) is 5.41 Å². The Morgan fingerprint density at radius 3 is 2.24 bits per heavy atom. The fourth-order valence-corrected chi connectivity index (χ4v) is 2.51. The first kappa shape index (κ1) is 15.6. The molecule has 1 unspecified atom stereocenters. The normalized spacial score (nSPS) is 13.2. The molecule has 2 nitrogen and oxygen atoms in total. The number of nitrogens with two attached hydrogens (primary N) is 1. The van der Waals surface area contributed by atoms with Crippen LogP contribution >= 0.6 is 0 Å². The predicted octanol–water partition coefficient (Wildman–Crippen LogP) is 3.82. The highest BCUT2D eigenvalue weighted by Crippen LogP contribution is 2.33. The summed E-state index contributed by atoms with van der Waals surface area (Å²) in [5.74, 6) is 4.44. The number of hydrogen-bond acceptors (Lipinski definition) is 2. The molecule has 112 valence electrons. The number of nitrogens with one attached hydrogen (secondary N) is 1. The van der Waals surface area contributed by atoms with Gasteiger partial charge in [0.05, 0.1) is 6.04 Å². The van der Waals surface area contributed by atoms with Gasteiger partial charge in [-0.3, -0.25) is 5.84 Å². The highest BCUT2D eigenvalue weighted by atomic mass is 19.1. The Morgan fingerprint density at radius 2 is 1.67 bits per heavy atom. The monoisotopic (exact) mass is 290 g/mol. The summed E-state index contributed by atoms with van der Waals surface area (Å²) in [5.41, 5.74) is 4.82. The van der Waals surface area contributed by atoms with E-state index in [0.717, 1.165) is 17.2 Å². The number of benzene rings is 2. The number of halogens is 2. The molecule has 2 aromatic carbocycles. The number of rotatable bonds is 3. The van der Waals surface area contributed by atoms with E-state index in [-0.39, 0.29) is 5.41 Å². The van der Waals surface area contributed by atoms with Gasteiger partial charge in [-0.2, -0.15) is 0 Å². The zero-order valence-electron chi connectivity index (χ0n) is 12.5. The zero-order chi connectivity index (χ0) is 15.6. The molecule has 1 atom stereocenters. The van der Waals surface area contributed by atoms with Crippen LogP contribution in [0.4, 0.5) is 8.78 Å². The Bertz CT molecular complexity index is 633. The predicted molar refractivity (Wildman–Crippen MR) is 80.7 cm³/mol. The van der Waals surface area contributed by atoms with E-state index in [1.165, 1.54) is 12.1 Å². The maximum atomic E-state index is 14.1. The van der Waals surface area contributed by atoms with Gasteiger partial charge in [-0.15, -0.1) is 0 Å². The molecule has 3 N–H and O–H groups in total. The third-order valence-corrected chi connectivity index (χ3v) is 3.52. The van der Waals surface area contributed by atoms with Gasteiger partial charge in [0.2, 0.25) is 0 Å². The largest absolute Gasteiger partial charge is 0.271 e. The molecule has 0 amide bonds. The Labute approximate surface area is 124 Å². The van der Waals surface area contributed by atoms with Crippen LogP contribution in [-0.4, -0.2) is 0 Å². The van der Waals surface area contributed by atoms with E-state index < -0.39 is 17.7 Å². The molecule has 0 aromatic heterocycles. The summed E-state index contributed by atoms with van der Waals surface area (Å²) in [5, 5.41) is 0. The van der Waals surface area contributed by atoms with Crippen molar-refractivity contribution in [2.45, 2.75) is 32.2 Å². The lowest BCUT2D eigenvalue weighted by Crippen LogP contribution is -2.31. The molecule has 0 fully saturated rings. The molecule has 0 heterocycles.